The molecule has 4 N–H and O–H groups in total. The Hall–Kier alpha value is -2.09. The van der Waals surface area contributed by atoms with Gasteiger partial charge >= 0.3 is 6.18 Å². The van der Waals surface area contributed by atoms with Crippen molar-refractivity contribution in [3.63, 3.8) is 0 Å². The van der Waals surface area contributed by atoms with E-state index in [0.29, 0.717) is 0 Å². The number of rotatable bonds is 4. The first kappa shape index (κ1) is 17.0. The Morgan fingerprint density at radius 2 is 1.90 bits per heavy atom. The molecule has 0 aliphatic carbocycles. The molecule has 0 heterocycles. The summed E-state index contributed by atoms with van der Waals surface area (Å²) in [5.41, 5.74) is 4.03. The largest absolute Gasteiger partial charge is 0.416 e. The van der Waals surface area contributed by atoms with Crippen LogP contribution >= 0.6 is 0 Å². The first-order valence-electron chi connectivity index (χ1n) is 6.14. The Bertz CT molecular complexity index is 544. The number of nitrogens with two attached hydrogens (primary N) is 1. The number of carbonyl (C=O) groups is 2. The van der Waals surface area contributed by atoms with Gasteiger partial charge in [-0.2, -0.15) is 13.2 Å². The number of nitrogens with one attached hydrogen (secondary N) is 2. The van der Waals surface area contributed by atoms with E-state index in [1.54, 1.807) is 6.92 Å². The van der Waals surface area contributed by atoms with Gasteiger partial charge < -0.3 is 16.4 Å². The molecule has 8 heteroatoms. The van der Waals surface area contributed by atoms with Crippen molar-refractivity contribution < 1.29 is 22.8 Å². The summed E-state index contributed by atoms with van der Waals surface area (Å²) in [4.78, 5) is 22.9. The summed E-state index contributed by atoms with van der Waals surface area (Å²) < 4.78 is 38.4. The molecule has 0 saturated heterocycles. The fourth-order valence-corrected chi connectivity index (χ4v) is 1.56. The van der Waals surface area contributed by atoms with Crippen LogP contribution in [0.1, 0.15) is 29.8 Å². The fraction of sp³-hybridized carbons (Fsp3) is 0.385. The molecule has 21 heavy (non-hydrogen) atoms. The Labute approximate surface area is 119 Å². The number of benzene rings is 1. The van der Waals surface area contributed by atoms with E-state index in [9.17, 15) is 22.8 Å². The molecule has 2 amide bonds. The second-order valence-electron chi connectivity index (χ2n) is 4.59. The first-order valence-corrected chi connectivity index (χ1v) is 6.14. The van der Waals surface area contributed by atoms with Gasteiger partial charge in [0.25, 0.3) is 5.91 Å². The average Bonchev–Trinajstić information content (AvgIpc) is 2.36. The zero-order chi connectivity index (χ0) is 16.2. The highest BCUT2D eigenvalue weighted by Gasteiger charge is 2.32. The lowest BCUT2D eigenvalue weighted by atomic mass is 10.1. The predicted octanol–water partition coefficient (Wildman–Crippen LogP) is 1.74. The maximum Gasteiger partial charge on any atom is 0.416 e. The van der Waals surface area contributed by atoms with E-state index in [-0.39, 0.29) is 23.8 Å². The maximum absolute atomic E-state index is 12.8. The Morgan fingerprint density at radius 3 is 2.38 bits per heavy atom. The molecule has 0 bridgehead atoms. The summed E-state index contributed by atoms with van der Waals surface area (Å²) >= 11 is 0. The van der Waals surface area contributed by atoms with Crippen molar-refractivity contribution in [1.82, 2.24) is 5.32 Å². The van der Waals surface area contributed by atoms with Crippen molar-refractivity contribution in [2.75, 3.05) is 11.9 Å². The van der Waals surface area contributed by atoms with Crippen LogP contribution in [0, 0.1) is 0 Å². The molecule has 1 aromatic carbocycles. The van der Waals surface area contributed by atoms with E-state index in [2.05, 4.69) is 10.6 Å². The SMILES string of the molecule is CC(=O)Nc1cc(C(=O)N[C@@H](C)CN)cc(C(F)(F)F)c1. The summed E-state index contributed by atoms with van der Waals surface area (Å²) in [7, 11) is 0. The van der Waals surface area contributed by atoms with Crippen LogP contribution in [0.2, 0.25) is 0 Å². The van der Waals surface area contributed by atoms with Crippen molar-refractivity contribution in [2.24, 2.45) is 5.73 Å². The third-order valence-corrected chi connectivity index (χ3v) is 2.57. The van der Waals surface area contributed by atoms with Crippen LogP contribution in [0.3, 0.4) is 0 Å². The summed E-state index contributed by atoms with van der Waals surface area (Å²) in [5, 5.41) is 4.70. The minimum absolute atomic E-state index is 0.0946. The number of halogens is 3. The molecule has 1 aromatic rings. The predicted molar refractivity (Wildman–Crippen MR) is 71.7 cm³/mol. The van der Waals surface area contributed by atoms with Crippen molar-refractivity contribution in [3.8, 4) is 0 Å². The monoisotopic (exact) mass is 303 g/mol. The molecule has 0 saturated carbocycles. The van der Waals surface area contributed by atoms with E-state index in [1.165, 1.54) is 6.07 Å². The van der Waals surface area contributed by atoms with Crippen LogP contribution in [0.4, 0.5) is 18.9 Å². The summed E-state index contributed by atoms with van der Waals surface area (Å²) in [6.07, 6.45) is -4.62. The molecule has 5 nitrogen and oxygen atoms in total. The quantitative estimate of drug-likeness (QED) is 0.792. The third kappa shape index (κ3) is 5.07. The minimum Gasteiger partial charge on any atom is -0.348 e. The number of carbonyl (C=O) groups excluding carboxylic acids is 2. The van der Waals surface area contributed by atoms with Gasteiger partial charge in [-0.15, -0.1) is 0 Å². The van der Waals surface area contributed by atoms with Crippen molar-refractivity contribution in [3.05, 3.63) is 29.3 Å². The van der Waals surface area contributed by atoms with Crippen LogP contribution in [0.25, 0.3) is 0 Å². The van der Waals surface area contributed by atoms with Gasteiger partial charge in [0.1, 0.15) is 0 Å². The highest BCUT2D eigenvalue weighted by atomic mass is 19.4. The number of hydrogen-bond donors (Lipinski definition) is 3. The third-order valence-electron chi connectivity index (χ3n) is 2.57. The average molecular weight is 303 g/mol. The molecule has 0 spiro atoms. The molecule has 0 radical (unpaired) electrons. The van der Waals surface area contributed by atoms with E-state index < -0.39 is 23.6 Å². The Kier molecular flexibility index (Phi) is 5.31. The number of hydrogen-bond acceptors (Lipinski definition) is 3. The van der Waals surface area contributed by atoms with Gasteiger partial charge in [0.2, 0.25) is 5.91 Å². The van der Waals surface area contributed by atoms with Gasteiger partial charge in [-0.3, -0.25) is 9.59 Å². The number of alkyl halides is 3. The lowest BCUT2D eigenvalue weighted by Gasteiger charge is -2.15. The normalized spacial score (nSPS) is 12.7. The van der Waals surface area contributed by atoms with Gasteiger partial charge in [0.15, 0.2) is 0 Å². The van der Waals surface area contributed by atoms with Gasteiger partial charge in [0, 0.05) is 30.8 Å². The van der Waals surface area contributed by atoms with Gasteiger partial charge in [-0.05, 0) is 25.1 Å². The summed E-state index contributed by atoms with van der Waals surface area (Å²) in [6.45, 7) is 2.94. The highest BCUT2D eigenvalue weighted by molar-refractivity contribution is 5.97. The molecular formula is C13H16F3N3O2. The second kappa shape index (κ2) is 6.57. The van der Waals surface area contributed by atoms with Crippen molar-refractivity contribution >= 4 is 17.5 Å². The molecule has 0 aliphatic rings. The van der Waals surface area contributed by atoms with E-state index in [4.69, 9.17) is 5.73 Å². The van der Waals surface area contributed by atoms with Crippen LogP contribution in [0.15, 0.2) is 18.2 Å². The van der Waals surface area contributed by atoms with Gasteiger partial charge in [0.05, 0.1) is 5.56 Å². The van der Waals surface area contributed by atoms with E-state index in [0.717, 1.165) is 19.1 Å². The smallest absolute Gasteiger partial charge is 0.348 e. The second-order valence-corrected chi connectivity index (χ2v) is 4.59. The standard InChI is InChI=1S/C13H16F3N3O2/c1-7(6-17)18-12(21)9-3-10(13(14,15)16)5-11(4-9)19-8(2)20/h3-5,7H,6,17H2,1-2H3,(H,18,21)(H,19,20)/t7-/m0/s1. The van der Waals surface area contributed by atoms with E-state index in [1.807, 2.05) is 0 Å². The van der Waals surface area contributed by atoms with E-state index >= 15 is 0 Å². The number of amides is 2. The molecule has 116 valence electrons. The molecule has 0 aliphatic heterocycles. The maximum atomic E-state index is 12.8. The minimum atomic E-state index is -4.62. The highest BCUT2D eigenvalue weighted by Crippen LogP contribution is 2.32. The molecule has 0 aromatic heterocycles. The zero-order valence-corrected chi connectivity index (χ0v) is 11.5. The molecule has 1 rings (SSSR count). The lowest BCUT2D eigenvalue weighted by Crippen LogP contribution is -2.37. The van der Waals surface area contributed by atoms with Crippen LogP contribution < -0.4 is 16.4 Å². The molecular weight excluding hydrogens is 287 g/mol. The van der Waals surface area contributed by atoms with Crippen molar-refractivity contribution in [1.29, 1.82) is 0 Å². The lowest BCUT2D eigenvalue weighted by molar-refractivity contribution is -0.137. The zero-order valence-electron chi connectivity index (χ0n) is 11.5. The molecule has 0 unspecified atom stereocenters. The van der Waals surface area contributed by atoms with Crippen molar-refractivity contribution in [2.45, 2.75) is 26.1 Å². The van der Waals surface area contributed by atoms with Crippen LogP contribution in [0.5, 0.6) is 0 Å². The summed E-state index contributed by atoms with van der Waals surface area (Å²) in [6, 6.07) is 2.29. The fourth-order valence-electron chi connectivity index (χ4n) is 1.56. The summed E-state index contributed by atoms with van der Waals surface area (Å²) in [5.74, 6) is -1.22. The molecule has 1 atom stereocenters. The van der Waals surface area contributed by atoms with Crippen LogP contribution in [-0.2, 0) is 11.0 Å². The van der Waals surface area contributed by atoms with Gasteiger partial charge in [-0.25, -0.2) is 0 Å². The Morgan fingerprint density at radius 1 is 1.29 bits per heavy atom. The molecule has 0 fully saturated rings. The first-order chi connectivity index (χ1) is 9.63. The topological polar surface area (TPSA) is 84.2 Å². The van der Waals surface area contributed by atoms with Gasteiger partial charge in [-0.1, -0.05) is 0 Å². The Balaban J connectivity index is 3.18. The van der Waals surface area contributed by atoms with Crippen LogP contribution in [-0.4, -0.2) is 24.4 Å². The number of anilines is 1.